The van der Waals surface area contributed by atoms with Crippen molar-refractivity contribution >= 4 is 23.2 Å². The number of H-pyrrole nitrogens is 1. The number of piperidine rings is 1. The van der Waals surface area contributed by atoms with E-state index in [0.29, 0.717) is 23.0 Å². The van der Waals surface area contributed by atoms with Crippen LogP contribution in [-0.4, -0.2) is 46.3 Å². The Morgan fingerprint density at radius 2 is 2.03 bits per heavy atom. The highest BCUT2D eigenvalue weighted by atomic mass is 16.1. The average molecular weight is 484 g/mol. The molecular weight excluding hydrogens is 450 g/mol. The molecule has 2 fully saturated rings. The summed E-state index contributed by atoms with van der Waals surface area (Å²) >= 11 is 0. The van der Waals surface area contributed by atoms with Gasteiger partial charge in [-0.25, -0.2) is 0 Å². The standard InChI is InChI=1S/C28H33N7O/c1-18-16-23(32-22-8-3-2-7-21(18)22)25-26(31-20-6-4-12-30-17-20)33-28(34-27(25)36)35-15-5-9-24(35)19-10-13-29-14-11-19/h2-3,7-8,10-11,13-14,16,18,20-21,24,30H,4-6,9,12,15,17H2,1H3,(H2,31,33,34,36)/t18?,20-,21?,24?/m1/s1. The van der Waals surface area contributed by atoms with Crippen molar-refractivity contribution in [2.24, 2.45) is 16.8 Å². The minimum Gasteiger partial charge on any atom is -0.365 e. The monoisotopic (exact) mass is 483 g/mol. The Morgan fingerprint density at radius 1 is 1.14 bits per heavy atom. The molecule has 8 nitrogen and oxygen atoms in total. The van der Waals surface area contributed by atoms with Crippen LogP contribution in [0.15, 0.2) is 64.7 Å². The lowest BCUT2D eigenvalue weighted by molar-refractivity contribution is 0.478. The predicted molar refractivity (Wildman–Crippen MR) is 144 cm³/mol. The molecule has 2 aromatic rings. The lowest BCUT2D eigenvalue weighted by atomic mass is 9.83. The zero-order chi connectivity index (χ0) is 24.5. The maximum absolute atomic E-state index is 13.7. The minimum atomic E-state index is -0.150. The number of nitrogens with one attached hydrogen (secondary N) is 3. The van der Waals surface area contributed by atoms with Gasteiger partial charge in [0.25, 0.3) is 5.56 Å². The van der Waals surface area contributed by atoms with Crippen molar-refractivity contribution in [3.05, 3.63) is 76.4 Å². The zero-order valence-corrected chi connectivity index (χ0v) is 20.7. The molecule has 2 aromatic heterocycles. The lowest BCUT2D eigenvalue weighted by Gasteiger charge is -2.29. The van der Waals surface area contributed by atoms with Gasteiger partial charge in [-0.2, -0.15) is 4.98 Å². The van der Waals surface area contributed by atoms with E-state index in [9.17, 15) is 4.79 Å². The number of aliphatic imine (C=N–C) groups is 1. The van der Waals surface area contributed by atoms with E-state index in [0.717, 1.165) is 51.0 Å². The second-order valence-electron chi connectivity index (χ2n) is 10.2. The molecule has 186 valence electrons. The number of rotatable bonds is 5. The number of anilines is 2. The first-order valence-corrected chi connectivity index (χ1v) is 13.1. The fourth-order valence-corrected chi connectivity index (χ4v) is 5.83. The molecule has 3 aliphatic heterocycles. The van der Waals surface area contributed by atoms with Crippen molar-refractivity contribution in [3.63, 3.8) is 0 Å². The molecule has 0 spiro atoms. The van der Waals surface area contributed by atoms with Crippen molar-refractivity contribution in [1.29, 1.82) is 0 Å². The van der Waals surface area contributed by atoms with E-state index in [1.54, 1.807) is 0 Å². The van der Waals surface area contributed by atoms with Crippen molar-refractivity contribution in [1.82, 2.24) is 20.3 Å². The van der Waals surface area contributed by atoms with Crippen LogP contribution in [0, 0.1) is 11.8 Å². The van der Waals surface area contributed by atoms with E-state index >= 15 is 0 Å². The highest BCUT2D eigenvalue weighted by molar-refractivity contribution is 6.04. The summed E-state index contributed by atoms with van der Waals surface area (Å²) in [5.41, 5.74) is 3.27. The number of nitrogens with zero attached hydrogens (tertiary/aromatic N) is 4. The molecule has 36 heavy (non-hydrogen) atoms. The third kappa shape index (κ3) is 4.41. The minimum absolute atomic E-state index is 0.150. The highest BCUT2D eigenvalue weighted by Crippen LogP contribution is 2.36. The Kier molecular flexibility index (Phi) is 6.27. The van der Waals surface area contributed by atoms with Gasteiger partial charge in [0.2, 0.25) is 5.95 Å². The summed E-state index contributed by atoms with van der Waals surface area (Å²) in [6.07, 6.45) is 18.3. The van der Waals surface area contributed by atoms with E-state index in [1.807, 2.05) is 24.5 Å². The van der Waals surface area contributed by atoms with Gasteiger partial charge in [-0.1, -0.05) is 31.2 Å². The Labute approximate surface area is 211 Å². The van der Waals surface area contributed by atoms with Crippen LogP contribution in [0.4, 0.5) is 11.8 Å². The molecule has 0 radical (unpaired) electrons. The smallest absolute Gasteiger partial charge is 0.263 e. The van der Waals surface area contributed by atoms with Crippen molar-refractivity contribution < 1.29 is 0 Å². The second kappa shape index (κ2) is 9.85. The van der Waals surface area contributed by atoms with Gasteiger partial charge in [-0.3, -0.25) is 19.8 Å². The Morgan fingerprint density at radius 3 is 2.86 bits per heavy atom. The Bertz CT molecular complexity index is 1290. The maximum atomic E-state index is 13.7. The topological polar surface area (TPSA) is 98.3 Å². The molecule has 1 aliphatic carbocycles. The summed E-state index contributed by atoms with van der Waals surface area (Å²) in [6, 6.07) is 4.48. The molecule has 0 amide bonds. The van der Waals surface area contributed by atoms with Gasteiger partial charge in [0.15, 0.2) is 0 Å². The Hall–Kier alpha value is -3.52. The molecule has 0 aromatic carbocycles. The first-order valence-electron chi connectivity index (χ1n) is 13.1. The van der Waals surface area contributed by atoms with E-state index in [2.05, 4.69) is 62.8 Å². The van der Waals surface area contributed by atoms with Gasteiger partial charge < -0.3 is 15.5 Å². The number of pyridine rings is 1. The summed E-state index contributed by atoms with van der Waals surface area (Å²) in [6.45, 7) is 4.91. The summed E-state index contributed by atoms with van der Waals surface area (Å²) in [5, 5.41) is 7.08. The number of aromatic amines is 1. The normalized spacial score (nSPS) is 27.4. The van der Waals surface area contributed by atoms with Crippen LogP contribution in [-0.2, 0) is 0 Å². The molecule has 0 saturated carbocycles. The van der Waals surface area contributed by atoms with Crippen LogP contribution >= 0.6 is 0 Å². The van der Waals surface area contributed by atoms with Gasteiger partial charge in [0.1, 0.15) is 11.4 Å². The quantitative estimate of drug-likeness (QED) is 0.598. The number of hydrogen-bond donors (Lipinski definition) is 3. The fourth-order valence-electron chi connectivity index (χ4n) is 5.83. The van der Waals surface area contributed by atoms with Gasteiger partial charge in [-0.05, 0) is 61.9 Å². The van der Waals surface area contributed by atoms with E-state index in [1.165, 1.54) is 5.56 Å². The number of fused-ring (bicyclic) bond motifs is 1. The van der Waals surface area contributed by atoms with E-state index in [4.69, 9.17) is 9.98 Å². The summed E-state index contributed by atoms with van der Waals surface area (Å²) in [4.78, 5) is 33.3. The SMILES string of the molecule is CC1C=C(c2c(N[C@@H]3CCCNC3)nc(N3CCCC3c3ccncc3)[nH]c2=O)N=C2C=CC=CC21. The van der Waals surface area contributed by atoms with Crippen LogP contribution in [0.3, 0.4) is 0 Å². The predicted octanol–water partition coefficient (Wildman–Crippen LogP) is 3.84. The summed E-state index contributed by atoms with van der Waals surface area (Å²) in [7, 11) is 0. The maximum Gasteiger partial charge on any atom is 0.263 e. The molecule has 3 unspecified atom stereocenters. The molecule has 5 heterocycles. The molecule has 0 bridgehead atoms. The van der Waals surface area contributed by atoms with Crippen molar-refractivity contribution in [2.45, 2.75) is 44.7 Å². The van der Waals surface area contributed by atoms with Crippen LogP contribution in [0.2, 0.25) is 0 Å². The number of aromatic nitrogens is 3. The molecule has 8 heteroatoms. The van der Waals surface area contributed by atoms with Gasteiger partial charge >= 0.3 is 0 Å². The van der Waals surface area contributed by atoms with Gasteiger partial charge in [-0.15, -0.1) is 0 Å². The first kappa shape index (κ1) is 22.9. The van der Waals surface area contributed by atoms with Crippen molar-refractivity contribution in [3.8, 4) is 0 Å². The van der Waals surface area contributed by atoms with Crippen LogP contribution in [0.25, 0.3) is 5.70 Å². The second-order valence-corrected chi connectivity index (χ2v) is 10.2. The zero-order valence-electron chi connectivity index (χ0n) is 20.7. The molecule has 6 rings (SSSR count). The molecule has 2 saturated heterocycles. The summed E-state index contributed by atoms with van der Waals surface area (Å²) in [5.74, 6) is 1.73. The third-order valence-electron chi connectivity index (χ3n) is 7.69. The number of allylic oxidation sites excluding steroid dienone is 5. The average Bonchev–Trinajstić information content (AvgIpc) is 3.40. The fraction of sp³-hybridized carbons (Fsp3) is 0.429. The summed E-state index contributed by atoms with van der Waals surface area (Å²) < 4.78 is 0. The lowest BCUT2D eigenvalue weighted by Crippen LogP contribution is -2.39. The van der Waals surface area contributed by atoms with Crippen LogP contribution < -0.4 is 21.1 Å². The third-order valence-corrected chi connectivity index (χ3v) is 7.69. The van der Waals surface area contributed by atoms with Gasteiger partial charge in [0, 0.05) is 43.2 Å². The largest absolute Gasteiger partial charge is 0.365 e. The molecular formula is C28H33N7O. The first-order chi connectivity index (χ1) is 17.7. The van der Waals surface area contributed by atoms with Crippen LogP contribution in [0.5, 0.6) is 0 Å². The molecule has 4 atom stereocenters. The van der Waals surface area contributed by atoms with E-state index < -0.39 is 0 Å². The van der Waals surface area contributed by atoms with Crippen molar-refractivity contribution in [2.75, 3.05) is 29.9 Å². The Balaban J connectivity index is 1.41. The van der Waals surface area contributed by atoms with E-state index in [-0.39, 0.29) is 29.5 Å². The van der Waals surface area contributed by atoms with Gasteiger partial charge in [0.05, 0.1) is 11.7 Å². The molecule has 4 aliphatic rings. The molecule has 3 N–H and O–H groups in total. The van der Waals surface area contributed by atoms with Crippen LogP contribution in [0.1, 0.15) is 49.8 Å². The highest BCUT2D eigenvalue weighted by Gasteiger charge is 2.31. The number of hydrogen-bond acceptors (Lipinski definition) is 7.